The van der Waals surface area contributed by atoms with Crippen LogP contribution in [0.2, 0.25) is 0 Å². The van der Waals surface area contributed by atoms with Gasteiger partial charge in [0.25, 0.3) is 0 Å². The molecule has 0 saturated carbocycles. The second-order valence-electron chi connectivity index (χ2n) is 4.04. The molecule has 15 heavy (non-hydrogen) atoms. The van der Waals surface area contributed by atoms with Gasteiger partial charge in [0.1, 0.15) is 5.38 Å². The van der Waals surface area contributed by atoms with Crippen LogP contribution in [0.5, 0.6) is 0 Å². The van der Waals surface area contributed by atoms with E-state index < -0.39 is 5.38 Å². The lowest BCUT2D eigenvalue weighted by Gasteiger charge is -2.20. The van der Waals surface area contributed by atoms with Gasteiger partial charge in [-0.3, -0.25) is 4.79 Å². The van der Waals surface area contributed by atoms with Crippen molar-refractivity contribution in [2.75, 3.05) is 13.1 Å². The highest BCUT2D eigenvalue weighted by atomic mass is 35.5. The van der Waals surface area contributed by atoms with Gasteiger partial charge in [0.15, 0.2) is 0 Å². The van der Waals surface area contributed by atoms with Crippen molar-refractivity contribution in [1.29, 1.82) is 5.26 Å². The summed E-state index contributed by atoms with van der Waals surface area (Å²) in [6.45, 7) is 3.28. The van der Waals surface area contributed by atoms with Crippen molar-refractivity contribution in [3.63, 3.8) is 0 Å². The van der Waals surface area contributed by atoms with E-state index in [2.05, 4.69) is 6.92 Å². The van der Waals surface area contributed by atoms with Gasteiger partial charge in [0.05, 0.1) is 12.6 Å². The zero-order valence-electron chi connectivity index (χ0n) is 9.08. The first-order chi connectivity index (χ1) is 7.17. The monoisotopic (exact) mass is 228 g/mol. The number of hydrogen-bond acceptors (Lipinski definition) is 2. The number of carbonyl (C=O) groups excluding carboxylic acids is 1. The summed E-state index contributed by atoms with van der Waals surface area (Å²) in [6, 6.07) is 1.95. The molecule has 84 valence electrons. The predicted molar refractivity (Wildman–Crippen MR) is 59.5 cm³/mol. The fourth-order valence-corrected chi connectivity index (χ4v) is 2.10. The molecule has 1 rings (SSSR count). The zero-order valence-corrected chi connectivity index (χ0v) is 9.83. The molecule has 0 aliphatic carbocycles. The molecule has 0 aromatic rings. The minimum absolute atomic E-state index is 0.145. The highest BCUT2D eigenvalue weighted by Crippen LogP contribution is 2.21. The Hall–Kier alpha value is -0.750. The smallest absolute Gasteiger partial charge is 0.222 e. The average molecular weight is 229 g/mol. The van der Waals surface area contributed by atoms with Gasteiger partial charge in [-0.25, -0.2) is 0 Å². The molecule has 1 aliphatic rings. The van der Waals surface area contributed by atoms with Crippen molar-refractivity contribution in [3.05, 3.63) is 0 Å². The number of likely N-dealkylation sites (tertiary alicyclic amines) is 1. The Morgan fingerprint density at radius 1 is 1.67 bits per heavy atom. The zero-order chi connectivity index (χ0) is 11.3. The maximum absolute atomic E-state index is 11.7. The van der Waals surface area contributed by atoms with Crippen LogP contribution >= 0.6 is 11.6 Å². The van der Waals surface area contributed by atoms with Crippen LogP contribution in [-0.2, 0) is 4.79 Å². The largest absolute Gasteiger partial charge is 0.340 e. The topological polar surface area (TPSA) is 44.1 Å². The molecule has 1 aliphatic heterocycles. The SMILES string of the molecule is CCC1CCC(=O)N(CC(Cl)C#N)CC1. The molecule has 4 heteroatoms. The lowest BCUT2D eigenvalue weighted by atomic mass is 9.98. The molecule has 0 aromatic heterocycles. The fraction of sp³-hybridized carbons (Fsp3) is 0.818. The second-order valence-corrected chi connectivity index (χ2v) is 4.56. The summed E-state index contributed by atoms with van der Waals surface area (Å²) in [5.41, 5.74) is 0. The molecule has 1 saturated heterocycles. The lowest BCUT2D eigenvalue weighted by Crippen LogP contribution is -2.35. The van der Waals surface area contributed by atoms with Crippen LogP contribution in [0.3, 0.4) is 0 Å². The predicted octanol–water partition coefficient (Wildman–Crippen LogP) is 2.16. The number of amides is 1. The van der Waals surface area contributed by atoms with Gasteiger partial charge in [-0.15, -0.1) is 11.6 Å². The van der Waals surface area contributed by atoms with Crippen LogP contribution in [0.15, 0.2) is 0 Å². The summed E-state index contributed by atoms with van der Waals surface area (Å²) < 4.78 is 0. The molecule has 2 atom stereocenters. The van der Waals surface area contributed by atoms with Gasteiger partial charge in [-0.05, 0) is 18.8 Å². The molecule has 0 N–H and O–H groups in total. The Balaban J connectivity index is 2.50. The van der Waals surface area contributed by atoms with Gasteiger partial charge in [0, 0.05) is 13.0 Å². The number of carbonyl (C=O) groups is 1. The molecule has 1 heterocycles. The third-order valence-electron chi connectivity index (χ3n) is 3.02. The Morgan fingerprint density at radius 2 is 2.40 bits per heavy atom. The first-order valence-corrected chi connectivity index (χ1v) is 5.92. The first-order valence-electron chi connectivity index (χ1n) is 5.48. The van der Waals surface area contributed by atoms with Gasteiger partial charge < -0.3 is 4.90 Å². The molecule has 0 aromatic carbocycles. The molecular formula is C11H17ClN2O. The highest BCUT2D eigenvalue weighted by molar-refractivity contribution is 6.22. The molecule has 0 radical (unpaired) electrons. The molecule has 0 spiro atoms. The van der Waals surface area contributed by atoms with Crippen LogP contribution in [-0.4, -0.2) is 29.3 Å². The van der Waals surface area contributed by atoms with Crippen molar-refractivity contribution in [2.45, 2.75) is 38.0 Å². The number of nitriles is 1. The van der Waals surface area contributed by atoms with E-state index in [1.807, 2.05) is 6.07 Å². The molecule has 3 nitrogen and oxygen atoms in total. The molecule has 1 fully saturated rings. The van der Waals surface area contributed by atoms with Gasteiger partial charge >= 0.3 is 0 Å². The van der Waals surface area contributed by atoms with Crippen molar-refractivity contribution >= 4 is 17.5 Å². The van der Waals surface area contributed by atoms with Crippen molar-refractivity contribution in [1.82, 2.24) is 4.90 Å². The Labute approximate surface area is 96.0 Å². The van der Waals surface area contributed by atoms with E-state index in [1.54, 1.807) is 4.90 Å². The maximum atomic E-state index is 11.7. The number of hydrogen-bond donors (Lipinski definition) is 0. The van der Waals surface area contributed by atoms with E-state index in [-0.39, 0.29) is 5.91 Å². The Bertz CT molecular complexity index is 262. The van der Waals surface area contributed by atoms with E-state index in [0.717, 1.165) is 25.8 Å². The fourth-order valence-electron chi connectivity index (χ4n) is 1.93. The van der Waals surface area contributed by atoms with Gasteiger partial charge in [0.2, 0.25) is 5.91 Å². The highest BCUT2D eigenvalue weighted by Gasteiger charge is 2.23. The van der Waals surface area contributed by atoms with Crippen molar-refractivity contribution < 1.29 is 4.79 Å². The summed E-state index contributed by atoms with van der Waals surface area (Å²) in [6.07, 6.45) is 3.75. The third-order valence-corrected chi connectivity index (χ3v) is 3.26. The van der Waals surface area contributed by atoms with Crippen molar-refractivity contribution in [2.24, 2.45) is 5.92 Å². The maximum Gasteiger partial charge on any atom is 0.222 e. The van der Waals surface area contributed by atoms with Gasteiger partial charge in [-0.2, -0.15) is 5.26 Å². The van der Waals surface area contributed by atoms with Crippen LogP contribution in [0, 0.1) is 17.2 Å². The minimum atomic E-state index is -0.577. The van der Waals surface area contributed by atoms with E-state index in [0.29, 0.717) is 18.9 Å². The average Bonchev–Trinajstić information content (AvgIpc) is 2.42. The van der Waals surface area contributed by atoms with E-state index >= 15 is 0 Å². The summed E-state index contributed by atoms with van der Waals surface area (Å²) in [5.74, 6) is 0.793. The van der Waals surface area contributed by atoms with E-state index in [9.17, 15) is 4.79 Å². The summed E-state index contributed by atoms with van der Waals surface area (Å²) in [4.78, 5) is 13.4. The number of halogens is 1. The second kappa shape index (κ2) is 5.97. The van der Waals surface area contributed by atoms with Crippen LogP contribution in [0.25, 0.3) is 0 Å². The van der Waals surface area contributed by atoms with E-state index in [1.165, 1.54) is 0 Å². The third kappa shape index (κ3) is 3.71. The molecular weight excluding hydrogens is 212 g/mol. The normalized spacial score (nSPS) is 24.5. The Morgan fingerprint density at radius 3 is 3.00 bits per heavy atom. The van der Waals surface area contributed by atoms with Crippen LogP contribution in [0.1, 0.15) is 32.6 Å². The quantitative estimate of drug-likeness (QED) is 0.695. The number of alkyl halides is 1. The summed E-state index contributed by atoms with van der Waals surface area (Å²) in [7, 11) is 0. The van der Waals surface area contributed by atoms with Crippen LogP contribution < -0.4 is 0 Å². The van der Waals surface area contributed by atoms with E-state index in [4.69, 9.17) is 16.9 Å². The summed E-state index contributed by atoms with van der Waals surface area (Å²) >= 11 is 5.73. The molecule has 2 unspecified atom stereocenters. The summed E-state index contributed by atoms with van der Waals surface area (Å²) in [5, 5.41) is 8.02. The molecule has 1 amide bonds. The number of nitrogens with zero attached hydrogens (tertiary/aromatic N) is 2. The lowest BCUT2D eigenvalue weighted by molar-refractivity contribution is -0.130. The van der Waals surface area contributed by atoms with Crippen molar-refractivity contribution in [3.8, 4) is 6.07 Å². The molecule has 0 bridgehead atoms. The van der Waals surface area contributed by atoms with Gasteiger partial charge in [-0.1, -0.05) is 13.3 Å². The van der Waals surface area contributed by atoms with Crippen LogP contribution in [0.4, 0.5) is 0 Å². The first kappa shape index (κ1) is 12.3. The standard InChI is InChI=1S/C11H17ClN2O/c1-2-9-3-4-11(15)14(6-5-9)8-10(12)7-13/h9-10H,2-6,8H2,1H3. The Kier molecular flexibility index (Phi) is 4.90. The minimum Gasteiger partial charge on any atom is -0.340 e. The number of rotatable bonds is 3.